The first kappa shape index (κ1) is 15.4. The lowest BCUT2D eigenvalue weighted by molar-refractivity contribution is -0.120. The molecule has 1 aromatic carbocycles. The molecule has 1 aliphatic rings. The number of anilines is 2. The van der Waals surface area contributed by atoms with Crippen LogP contribution >= 0.6 is 0 Å². The number of amides is 2. The summed E-state index contributed by atoms with van der Waals surface area (Å²) in [6.45, 7) is 1.83. The topological polar surface area (TPSA) is 84.2 Å². The van der Waals surface area contributed by atoms with Crippen LogP contribution in [0.1, 0.15) is 26.2 Å². The van der Waals surface area contributed by atoms with Crippen LogP contribution in [0, 0.1) is 17.7 Å². The maximum atomic E-state index is 13.8. The summed E-state index contributed by atoms with van der Waals surface area (Å²) in [6.07, 6.45) is 2.68. The zero-order valence-electron chi connectivity index (χ0n) is 12.0. The second-order valence-corrected chi connectivity index (χ2v) is 5.40. The summed E-state index contributed by atoms with van der Waals surface area (Å²) in [5, 5.41) is 5.17. The Morgan fingerprint density at radius 1 is 1.33 bits per heavy atom. The molecule has 0 bridgehead atoms. The molecule has 0 unspecified atom stereocenters. The van der Waals surface area contributed by atoms with Crippen molar-refractivity contribution in [1.29, 1.82) is 0 Å². The summed E-state index contributed by atoms with van der Waals surface area (Å²) in [6, 6.07) is 4.08. The number of carbonyl (C=O) groups excluding carboxylic acids is 2. The van der Waals surface area contributed by atoms with Crippen LogP contribution in [0.25, 0.3) is 0 Å². The van der Waals surface area contributed by atoms with Gasteiger partial charge >= 0.3 is 0 Å². The van der Waals surface area contributed by atoms with Gasteiger partial charge in [0.25, 0.3) is 0 Å². The van der Waals surface area contributed by atoms with Crippen molar-refractivity contribution < 1.29 is 14.0 Å². The van der Waals surface area contributed by atoms with Crippen molar-refractivity contribution in [2.75, 3.05) is 17.2 Å². The molecule has 0 aliphatic heterocycles. The van der Waals surface area contributed by atoms with Gasteiger partial charge in [0.2, 0.25) is 11.8 Å². The number of carbonyl (C=O) groups is 2. The lowest BCUT2D eigenvalue weighted by Gasteiger charge is -2.18. The van der Waals surface area contributed by atoms with Gasteiger partial charge in [0.1, 0.15) is 5.82 Å². The average molecular weight is 293 g/mol. The number of rotatable bonds is 4. The van der Waals surface area contributed by atoms with Gasteiger partial charge in [-0.1, -0.05) is 6.42 Å². The third-order valence-electron chi connectivity index (χ3n) is 3.84. The van der Waals surface area contributed by atoms with E-state index in [0.717, 1.165) is 19.3 Å². The first-order chi connectivity index (χ1) is 10.0. The van der Waals surface area contributed by atoms with Crippen molar-refractivity contribution >= 4 is 23.2 Å². The van der Waals surface area contributed by atoms with E-state index in [1.165, 1.54) is 25.1 Å². The Kier molecular flexibility index (Phi) is 4.90. The molecule has 114 valence electrons. The minimum absolute atomic E-state index is 0.0777. The highest BCUT2D eigenvalue weighted by Gasteiger charge is 2.32. The highest BCUT2D eigenvalue weighted by atomic mass is 19.1. The van der Waals surface area contributed by atoms with Gasteiger partial charge in [0.15, 0.2) is 0 Å². The Labute approximate surface area is 123 Å². The largest absolute Gasteiger partial charge is 0.330 e. The molecule has 1 aromatic rings. The van der Waals surface area contributed by atoms with E-state index in [9.17, 15) is 14.0 Å². The molecule has 0 radical (unpaired) electrons. The van der Waals surface area contributed by atoms with Crippen molar-refractivity contribution in [3.05, 3.63) is 24.0 Å². The van der Waals surface area contributed by atoms with Gasteiger partial charge in [0.05, 0.1) is 5.69 Å². The van der Waals surface area contributed by atoms with Crippen LogP contribution in [0.5, 0.6) is 0 Å². The van der Waals surface area contributed by atoms with E-state index in [2.05, 4.69) is 10.6 Å². The number of halogens is 1. The Hall–Kier alpha value is -1.95. The zero-order chi connectivity index (χ0) is 15.4. The fourth-order valence-electron chi connectivity index (χ4n) is 2.79. The number of hydrogen-bond acceptors (Lipinski definition) is 3. The van der Waals surface area contributed by atoms with Crippen molar-refractivity contribution in [3.8, 4) is 0 Å². The van der Waals surface area contributed by atoms with Crippen LogP contribution in [-0.2, 0) is 9.59 Å². The molecular formula is C15H20FN3O2. The molecule has 0 spiro atoms. The molecule has 6 heteroatoms. The Morgan fingerprint density at radius 3 is 2.76 bits per heavy atom. The predicted octanol–water partition coefficient (Wildman–Crippen LogP) is 2.10. The number of nitrogens with one attached hydrogen (secondary N) is 2. The maximum absolute atomic E-state index is 13.8. The molecule has 1 fully saturated rings. The van der Waals surface area contributed by atoms with E-state index in [0.29, 0.717) is 12.2 Å². The van der Waals surface area contributed by atoms with Crippen molar-refractivity contribution in [3.63, 3.8) is 0 Å². The molecule has 0 aromatic heterocycles. The maximum Gasteiger partial charge on any atom is 0.227 e. The third-order valence-corrected chi connectivity index (χ3v) is 3.84. The first-order valence-electron chi connectivity index (χ1n) is 7.09. The fourth-order valence-corrected chi connectivity index (χ4v) is 2.79. The molecule has 2 amide bonds. The molecule has 2 atom stereocenters. The number of benzene rings is 1. The quantitative estimate of drug-likeness (QED) is 0.794. The van der Waals surface area contributed by atoms with Crippen LogP contribution in [0.2, 0.25) is 0 Å². The number of hydrogen-bond donors (Lipinski definition) is 3. The van der Waals surface area contributed by atoms with Crippen LogP contribution in [-0.4, -0.2) is 18.4 Å². The van der Waals surface area contributed by atoms with E-state index < -0.39 is 5.82 Å². The highest BCUT2D eigenvalue weighted by Crippen LogP contribution is 2.32. The van der Waals surface area contributed by atoms with Crippen LogP contribution in [0.3, 0.4) is 0 Å². The summed E-state index contributed by atoms with van der Waals surface area (Å²) >= 11 is 0. The van der Waals surface area contributed by atoms with E-state index in [1.54, 1.807) is 0 Å². The monoisotopic (exact) mass is 293 g/mol. The van der Waals surface area contributed by atoms with Gasteiger partial charge in [-0.05, 0) is 43.5 Å². The first-order valence-corrected chi connectivity index (χ1v) is 7.09. The highest BCUT2D eigenvalue weighted by molar-refractivity contribution is 5.94. The second kappa shape index (κ2) is 6.67. The standard InChI is InChI=1S/C15H20FN3O2/c1-9(20)18-11-5-6-13(16)14(7-11)19-15(21)12-4-2-3-10(12)8-17/h5-7,10,12H,2-4,8,17H2,1H3,(H,18,20)(H,19,21)/t10-,12-/m1/s1. The van der Waals surface area contributed by atoms with E-state index in [1.807, 2.05) is 0 Å². The van der Waals surface area contributed by atoms with Crippen LogP contribution in [0.15, 0.2) is 18.2 Å². The summed E-state index contributed by atoms with van der Waals surface area (Å²) < 4.78 is 13.8. The van der Waals surface area contributed by atoms with E-state index >= 15 is 0 Å². The molecule has 1 aliphatic carbocycles. The van der Waals surface area contributed by atoms with Gasteiger partial charge in [-0.25, -0.2) is 4.39 Å². The number of nitrogens with two attached hydrogens (primary N) is 1. The summed E-state index contributed by atoms with van der Waals surface area (Å²) in [7, 11) is 0. The SMILES string of the molecule is CC(=O)Nc1ccc(F)c(NC(=O)[C@@H]2CCC[C@@H]2CN)c1. The summed E-state index contributed by atoms with van der Waals surface area (Å²) in [5.74, 6) is -0.996. The molecule has 4 N–H and O–H groups in total. The van der Waals surface area contributed by atoms with Crippen molar-refractivity contribution in [2.45, 2.75) is 26.2 Å². The van der Waals surface area contributed by atoms with Gasteiger partial charge in [-0.2, -0.15) is 0 Å². The molecular weight excluding hydrogens is 273 g/mol. The minimum Gasteiger partial charge on any atom is -0.330 e. The lowest BCUT2D eigenvalue weighted by Crippen LogP contribution is -2.30. The smallest absolute Gasteiger partial charge is 0.227 e. The molecule has 0 saturated heterocycles. The predicted molar refractivity (Wildman–Crippen MR) is 79.2 cm³/mol. The van der Waals surface area contributed by atoms with Crippen molar-refractivity contribution in [2.24, 2.45) is 17.6 Å². The van der Waals surface area contributed by atoms with E-state index in [4.69, 9.17) is 5.73 Å². The third kappa shape index (κ3) is 3.78. The molecule has 21 heavy (non-hydrogen) atoms. The minimum atomic E-state index is -0.528. The molecule has 0 heterocycles. The normalized spacial score (nSPS) is 21.1. The Morgan fingerprint density at radius 2 is 2.10 bits per heavy atom. The molecule has 2 rings (SSSR count). The van der Waals surface area contributed by atoms with Gasteiger partial charge in [-0.3, -0.25) is 9.59 Å². The summed E-state index contributed by atoms with van der Waals surface area (Å²) in [5.41, 5.74) is 6.19. The summed E-state index contributed by atoms with van der Waals surface area (Å²) in [4.78, 5) is 23.3. The van der Waals surface area contributed by atoms with Gasteiger partial charge < -0.3 is 16.4 Å². The fraction of sp³-hybridized carbons (Fsp3) is 0.467. The molecule has 5 nitrogen and oxygen atoms in total. The van der Waals surface area contributed by atoms with Crippen LogP contribution < -0.4 is 16.4 Å². The Balaban J connectivity index is 2.11. The lowest BCUT2D eigenvalue weighted by atomic mass is 9.95. The Bertz CT molecular complexity index is 548. The second-order valence-electron chi connectivity index (χ2n) is 5.40. The molecule has 1 saturated carbocycles. The average Bonchev–Trinajstić information content (AvgIpc) is 2.90. The van der Waals surface area contributed by atoms with E-state index in [-0.39, 0.29) is 29.3 Å². The van der Waals surface area contributed by atoms with Gasteiger partial charge in [0, 0.05) is 18.5 Å². The van der Waals surface area contributed by atoms with Crippen LogP contribution in [0.4, 0.5) is 15.8 Å². The van der Waals surface area contributed by atoms with Crippen molar-refractivity contribution in [1.82, 2.24) is 0 Å². The zero-order valence-corrected chi connectivity index (χ0v) is 12.0. The van der Waals surface area contributed by atoms with Gasteiger partial charge in [-0.15, -0.1) is 0 Å².